The minimum Gasteiger partial charge on any atom is -0.497 e. The number of halogens is 1. The third kappa shape index (κ3) is 6.33. The second-order valence-electron chi connectivity index (χ2n) is 6.84. The van der Waals surface area contributed by atoms with E-state index in [-0.39, 0.29) is 24.0 Å². The summed E-state index contributed by atoms with van der Waals surface area (Å²) < 4.78 is 10.9. The van der Waals surface area contributed by atoms with E-state index in [1.807, 2.05) is 36.4 Å². The van der Waals surface area contributed by atoms with Crippen LogP contribution in [0, 0.1) is 0 Å². The van der Waals surface area contributed by atoms with Crippen molar-refractivity contribution in [3.63, 3.8) is 0 Å². The lowest BCUT2D eigenvalue weighted by Gasteiger charge is -2.21. The van der Waals surface area contributed by atoms with Crippen molar-refractivity contribution in [3.05, 3.63) is 94.9 Å². The highest BCUT2D eigenvalue weighted by Gasteiger charge is 2.14. The van der Waals surface area contributed by atoms with Gasteiger partial charge in [0.15, 0.2) is 10.4 Å². The molecule has 0 spiro atoms. The van der Waals surface area contributed by atoms with Gasteiger partial charge in [0.25, 0.3) is 5.91 Å². The highest BCUT2D eigenvalue weighted by Crippen LogP contribution is 2.18. The Morgan fingerprint density at radius 2 is 1.74 bits per heavy atom. The fraction of sp³-hybridized carbons (Fsp3) is 0.167. The molecule has 0 saturated carbocycles. The molecule has 0 unspecified atom stereocenters. The number of amides is 2. The molecule has 31 heavy (non-hydrogen) atoms. The predicted molar refractivity (Wildman–Crippen MR) is 123 cm³/mol. The lowest BCUT2D eigenvalue weighted by molar-refractivity contribution is -0.130. The lowest BCUT2D eigenvalue weighted by Crippen LogP contribution is -2.32. The zero-order valence-corrected chi connectivity index (χ0v) is 18.7. The number of methoxy groups -OCH3 is 1. The lowest BCUT2D eigenvalue weighted by atomic mass is 10.1. The molecule has 0 bridgehead atoms. The van der Waals surface area contributed by atoms with Crippen LogP contribution in [0.2, 0.25) is 0 Å². The molecule has 3 rings (SSSR count). The Labute approximate surface area is 189 Å². The number of ether oxygens (including phenoxy) is 1. The Kier molecular flexibility index (Phi) is 7.67. The van der Waals surface area contributed by atoms with Gasteiger partial charge in [-0.1, -0.05) is 30.3 Å². The van der Waals surface area contributed by atoms with Crippen LogP contribution in [0.1, 0.15) is 21.7 Å². The molecule has 1 N–H and O–H groups in total. The summed E-state index contributed by atoms with van der Waals surface area (Å²) in [4.78, 5) is 26.8. The minimum atomic E-state index is -0.342. The Hall–Kier alpha value is -3.32. The largest absolute Gasteiger partial charge is 0.497 e. The molecule has 2 amide bonds. The van der Waals surface area contributed by atoms with E-state index < -0.39 is 0 Å². The van der Waals surface area contributed by atoms with Gasteiger partial charge in [-0.3, -0.25) is 9.59 Å². The zero-order chi connectivity index (χ0) is 22.2. The fourth-order valence-corrected chi connectivity index (χ4v) is 3.29. The molecule has 6 nitrogen and oxygen atoms in total. The topological polar surface area (TPSA) is 71.8 Å². The average molecular weight is 483 g/mol. The molecule has 0 fully saturated rings. The summed E-state index contributed by atoms with van der Waals surface area (Å²) in [7, 11) is 1.62. The summed E-state index contributed by atoms with van der Waals surface area (Å²) in [6, 6.07) is 18.1. The quantitative estimate of drug-likeness (QED) is 0.432. The van der Waals surface area contributed by atoms with E-state index in [2.05, 4.69) is 27.8 Å². The van der Waals surface area contributed by atoms with Crippen LogP contribution in [0.3, 0.4) is 0 Å². The number of anilines is 1. The number of hydrogen-bond donors (Lipinski definition) is 1. The monoisotopic (exact) mass is 482 g/mol. The molecular weight excluding hydrogens is 460 g/mol. The SMILES string of the molecule is C=CCN(Cc1ccc(OC)cc1)C(=O)Cc1ccc(NC(=O)c2ccc(Br)o2)cc1. The Morgan fingerprint density at radius 3 is 2.32 bits per heavy atom. The molecule has 0 radical (unpaired) electrons. The molecular formula is C24H23BrN2O4. The molecule has 1 heterocycles. The third-order valence-electron chi connectivity index (χ3n) is 4.60. The summed E-state index contributed by atoms with van der Waals surface area (Å²) >= 11 is 3.17. The van der Waals surface area contributed by atoms with E-state index in [9.17, 15) is 9.59 Å². The molecule has 7 heteroatoms. The van der Waals surface area contributed by atoms with Gasteiger partial charge < -0.3 is 19.4 Å². The number of nitrogens with zero attached hydrogens (tertiary/aromatic N) is 1. The molecule has 0 atom stereocenters. The van der Waals surface area contributed by atoms with Gasteiger partial charge >= 0.3 is 0 Å². The van der Waals surface area contributed by atoms with Crippen molar-refractivity contribution in [2.45, 2.75) is 13.0 Å². The van der Waals surface area contributed by atoms with E-state index in [4.69, 9.17) is 9.15 Å². The Bertz CT molecular complexity index is 1040. The molecule has 0 aliphatic carbocycles. The van der Waals surface area contributed by atoms with Crippen molar-refractivity contribution in [2.75, 3.05) is 19.0 Å². The predicted octanol–water partition coefficient (Wildman–Crippen LogP) is 5.06. The van der Waals surface area contributed by atoms with E-state index in [1.54, 1.807) is 42.4 Å². The van der Waals surface area contributed by atoms with Crippen molar-refractivity contribution in [1.29, 1.82) is 0 Å². The van der Waals surface area contributed by atoms with Crippen LogP contribution in [0.25, 0.3) is 0 Å². The van der Waals surface area contributed by atoms with Gasteiger partial charge in [-0.2, -0.15) is 0 Å². The van der Waals surface area contributed by atoms with Crippen molar-refractivity contribution in [3.8, 4) is 5.75 Å². The number of carbonyl (C=O) groups is 2. The third-order valence-corrected chi connectivity index (χ3v) is 5.03. The van der Waals surface area contributed by atoms with Crippen molar-refractivity contribution >= 4 is 33.4 Å². The van der Waals surface area contributed by atoms with Crippen LogP contribution in [0.5, 0.6) is 5.75 Å². The molecule has 3 aromatic rings. The maximum absolute atomic E-state index is 12.8. The number of benzene rings is 2. The number of rotatable bonds is 9. The first-order valence-corrected chi connectivity index (χ1v) is 10.4. The number of furan rings is 1. The maximum atomic E-state index is 12.8. The van der Waals surface area contributed by atoms with Crippen LogP contribution in [-0.2, 0) is 17.8 Å². The van der Waals surface area contributed by atoms with Crippen LogP contribution in [0.4, 0.5) is 5.69 Å². The fourth-order valence-electron chi connectivity index (χ4n) is 2.98. The highest BCUT2D eigenvalue weighted by atomic mass is 79.9. The Morgan fingerprint density at radius 1 is 1.06 bits per heavy atom. The number of carbonyl (C=O) groups excluding carboxylic acids is 2. The van der Waals surface area contributed by atoms with Gasteiger partial charge in [-0.05, 0) is 63.5 Å². The van der Waals surface area contributed by atoms with E-state index in [1.165, 1.54) is 0 Å². The van der Waals surface area contributed by atoms with Gasteiger partial charge in [0.05, 0.1) is 13.5 Å². The van der Waals surface area contributed by atoms with Gasteiger partial charge in [-0.25, -0.2) is 0 Å². The van der Waals surface area contributed by atoms with Crippen molar-refractivity contribution < 1.29 is 18.7 Å². The van der Waals surface area contributed by atoms with E-state index >= 15 is 0 Å². The van der Waals surface area contributed by atoms with Crippen LogP contribution in [0.15, 0.2) is 82.4 Å². The molecule has 0 saturated heterocycles. The van der Waals surface area contributed by atoms with Crippen molar-refractivity contribution in [2.24, 2.45) is 0 Å². The Balaban J connectivity index is 1.60. The number of hydrogen-bond acceptors (Lipinski definition) is 4. The van der Waals surface area contributed by atoms with E-state index in [0.29, 0.717) is 23.4 Å². The first-order chi connectivity index (χ1) is 15.0. The highest BCUT2D eigenvalue weighted by molar-refractivity contribution is 9.10. The van der Waals surface area contributed by atoms with E-state index in [0.717, 1.165) is 16.9 Å². The second-order valence-corrected chi connectivity index (χ2v) is 7.62. The molecule has 0 aliphatic heterocycles. The van der Waals surface area contributed by atoms with Crippen molar-refractivity contribution in [1.82, 2.24) is 4.90 Å². The van der Waals surface area contributed by atoms with Gasteiger partial charge in [0.2, 0.25) is 5.91 Å². The van der Waals surface area contributed by atoms with Gasteiger partial charge in [0.1, 0.15) is 5.75 Å². The summed E-state index contributed by atoms with van der Waals surface area (Å²) in [5, 5.41) is 2.76. The van der Waals surface area contributed by atoms with Gasteiger partial charge in [0, 0.05) is 18.8 Å². The van der Waals surface area contributed by atoms with Crippen LogP contribution < -0.4 is 10.1 Å². The normalized spacial score (nSPS) is 10.4. The summed E-state index contributed by atoms with van der Waals surface area (Å²) in [6.07, 6.45) is 1.97. The zero-order valence-electron chi connectivity index (χ0n) is 17.1. The average Bonchev–Trinajstić information content (AvgIpc) is 3.22. The number of nitrogens with one attached hydrogen (secondary N) is 1. The standard InChI is InChI=1S/C24H23BrN2O4/c1-3-14-27(16-18-6-10-20(30-2)11-7-18)23(28)15-17-4-8-19(9-5-17)26-24(29)21-12-13-22(25)31-21/h3-13H,1,14-16H2,2H3,(H,26,29). The van der Waals surface area contributed by atoms with Crippen LogP contribution >= 0.6 is 15.9 Å². The molecule has 2 aromatic carbocycles. The first-order valence-electron chi connectivity index (χ1n) is 9.65. The van der Waals surface area contributed by atoms with Crippen LogP contribution in [-0.4, -0.2) is 30.4 Å². The summed E-state index contributed by atoms with van der Waals surface area (Å²) in [6.45, 7) is 4.70. The first kappa shape index (κ1) is 22.4. The minimum absolute atomic E-state index is 0.00654. The molecule has 0 aliphatic rings. The maximum Gasteiger partial charge on any atom is 0.291 e. The summed E-state index contributed by atoms with van der Waals surface area (Å²) in [5.41, 5.74) is 2.49. The molecule has 160 valence electrons. The van der Waals surface area contributed by atoms with Gasteiger partial charge in [-0.15, -0.1) is 6.58 Å². The molecule has 1 aromatic heterocycles. The smallest absolute Gasteiger partial charge is 0.291 e. The summed E-state index contributed by atoms with van der Waals surface area (Å²) in [5.74, 6) is 0.640. The second kappa shape index (κ2) is 10.6.